The number of thiol groups is 2. The van der Waals surface area contributed by atoms with Crippen molar-refractivity contribution in [1.82, 2.24) is 0 Å². The van der Waals surface area contributed by atoms with Gasteiger partial charge in [-0.25, -0.2) is 8.42 Å². The molecular weight excluding hydrogens is 348 g/mol. The molecule has 0 amide bonds. The molecule has 116 valence electrons. The van der Waals surface area contributed by atoms with Gasteiger partial charge in [0.05, 0.1) is 7.11 Å². The van der Waals surface area contributed by atoms with Crippen molar-refractivity contribution in [3.05, 3.63) is 66.7 Å². The van der Waals surface area contributed by atoms with Crippen LogP contribution in [-0.2, 0) is 45.8 Å². The fourth-order valence-electron chi connectivity index (χ4n) is 0.952. The van der Waals surface area contributed by atoms with Crippen molar-refractivity contribution >= 4 is 41.7 Å². The van der Waals surface area contributed by atoms with Crippen LogP contribution in [0.3, 0.4) is 0 Å². The second-order valence-electron chi connectivity index (χ2n) is 3.19. The lowest BCUT2D eigenvalue weighted by molar-refractivity contribution is 0.460. The van der Waals surface area contributed by atoms with Gasteiger partial charge in [0.1, 0.15) is 15.4 Å². The Labute approximate surface area is 137 Å². The van der Waals surface area contributed by atoms with Gasteiger partial charge in [0.15, 0.2) is 9.64 Å². The molecule has 2 aromatic rings. The normalized spacial score (nSPS) is 11.7. The summed E-state index contributed by atoms with van der Waals surface area (Å²) in [4.78, 5) is 0. The van der Waals surface area contributed by atoms with Crippen molar-refractivity contribution in [2.45, 2.75) is 0 Å². The smallest absolute Gasteiger partial charge is 0.174 e. The molecule has 0 aliphatic carbocycles. The zero-order valence-electron chi connectivity index (χ0n) is 11.2. The first-order valence-corrected chi connectivity index (χ1v) is 10.0. The Hall–Kier alpha value is -1.06. The SMILES string of the molecule is CO[SH](=O)=S.O=[SH](=S)Oc1ccccc1.c1ccccc1. The number of hydrogen-bond donors (Lipinski definition) is 2. The van der Waals surface area contributed by atoms with E-state index in [9.17, 15) is 8.42 Å². The van der Waals surface area contributed by atoms with Gasteiger partial charge >= 0.3 is 0 Å². The Bertz CT molecular complexity index is 568. The summed E-state index contributed by atoms with van der Waals surface area (Å²) in [6.45, 7) is 0. The van der Waals surface area contributed by atoms with Gasteiger partial charge in [-0.2, -0.15) is 0 Å². The largest absolute Gasteiger partial charge is 0.403 e. The van der Waals surface area contributed by atoms with Crippen LogP contribution in [0.15, 0.2) is 66.7 Å². The Balaban J connectivity index is 0.000000312. The topological polar surface area (TPSA) is 52.6 Å². The quantitative estimate of drug-likeness (QED) is 0.814. The van der Waals surface area contributed by atoms with Gasteiger partial charge < -0.3 is 4.18 Å². The maximum atomic E-state index is 10.4. The maximum absolute atomic E-state index is 10.4. The van der Waals surface area contributed by atoms with Crippen LogP contribution in [0.5, 0.6) is 5.75 Å². The van der Waals surface area contributed by atoms with E-state index in [0.717, 1.165) is 0 Å². The Morgan fingerprint density at radius 2 is 1.10 bits per heavy atom. The van der Waals surface area contributed by atoms with Gasteiger partial charge in [0, 0.05) is 22.4 Å². The Morgan fingerprint density at radius 1 is 0.762 bits per heavy atom. The third-order valence-corrected chi connectivity index (χ3v) is 3.07. The fraction of sp³-hybridized carbons (Fsp3) is 0.0769. The van der Waals surface area contributed by atoms with E-state index in [-0.39, 0.29) is 0 Å². The van der Waals surface area contributed by atoms with E-state index in [4.69, 9.17) is 4.18 Å². The van der Waals surface area contributed by atoms with Gasteiger partial charge in [-0.1, -0.05) is 54.6 Å². The minimum absolute atomic E-state index is 0.554. The molecule has 0 saturated heterocycles. The average Bonchev–Trinajstić information content (AvgIpc) is 2.50. The van der Waals surface area contributed by atoms with Crippen molar-refractivity contribution in [3.63, 3.8) is 0 Å². The van der Waals surface area contributed by atoms with Crippen LogP contribution in [0.4, 0.5) is 0 Å². The van der Waals surface area contributed by atoms with Gasteiger partial charge in [-0.15, -0.1) is 0 Å². The van der Waals surface area contributed by atoms with E-state index in [1.807, 2.05) is 42.5 Å². The lowest BCUT2D eigenvalue weighted by Gasteiger charge is -1.94. The Morgan fingerprint density at radius 3 is 1.38 bits per heavy atom. The molecule has 8 heteroatoms. The standard InChI is InChI=1S/C6H6O2S2.C6H6.CH4O2S2/c7-10(9)8-6-4-2-1-3-5-6;1-2-4-6-5-3-1;1-3-5(2)4/h1-5,10H;1-6H;5H,1H3. The summed E-state index contributed by atoms with van der Waals surface area (Å²) >= 11 is 8.42. The zero-order valence-corrected chi connectivity index (χ0v) is 14.6. The Kier molecular flexibility index (Phi) is 13.2. The number of rotatable bonds is 3. The predicted octanol–water partition coefficient (Wildman–Crippen LogP) is 2.10. The fourth-order valence-corrected chi connectivity index (χ4v) is 1.50. The third kappa shape index (κ3) is 15.2. The molecule has 2 unspecified atom stereocenters. The molecule has 0 aromatic heterocycles. The van der Waals surface area contributed by atoms with Crippen LogP contribution in [0.1, 0.15) is 0 Å². The van der Waals surface area contributed by atoms with E-state index >= 15 is 0 Å². The van der Waals surface area contributed by atoms with Crippen LogP contribution >= 0.6 is 0 Å². The highest BCUT2D eigenvalue weighted by Gasteiger charge is 1.86. The van der Waals surface area contributed by atoms with Crippen molar-refractivity contribution in [2.24, 2.45) is 0 Å². The van der Waals surface area contributed by atoms with Crippen LogP contribution in [0, 0.1) is 0 Å². The molecule has 0 spiro atoms. The van der Waals surface area contributed by atoms with Gasteiger partial charge in [0.2, 0.25) is 0 Å². The zero-order chi connectivity index (χ0) is 15.9. The monoisotopic (exact) mass is 364 g/mol. The van der Waals surface area contributed by atoms with Crippen LogP contribution in [-0.4, -0.2) is 15.5 Å². The first-order chi connectivity index (χ1) is 10.1. The minimum Gasteiger partial charge on any atom is -0.403 e. The maximum Gasteiger partial charge on any atom is 0.174 e. The summed E-state index contributed by atoms with van der Waals surface area (Å²) in [5.41, 5.74) is 0. The van der Waals surface area contributed by atoms with Crippen molar-refractivity contribution in [1.29, 1.82) is 0 Å². The molecule has 0 N–H and O–H groups in total. The molecule has 21 heavy (non-hydrogen) atoms. The molecule has 0 fully saturated rings. The molecule has 2 atom stereocenters. The van der Waals surface area contributed by atoms with Gasteiger partial charge in [0.25, 0.3) is 0 Å². The lowest BCUT2D eigenvalue weighted by atomic mass is 10.3. The molecule has 4 nitrogen and oxygen atoms in total. The summed E-state index contributed by atoms with van der Waals surface area (Å²) in [7, 11) is -2.40. The predicted molar refractivity (Wildman–Crippen MR) is 94.3 cm³/mol. The first-order valence-electron chi connectivity index (χ1n) is 5.62. The van der Waals surface area contributed by atoms with Crippen molar-refractivity contribution in [2.75, 3.05) is 7.11 Å². The summed E-state index contributed by atoms with van der Waals surface area (Å²) in [5, 5.41) is 0. The molecule has 0 saturated carbocycles. The van der Waals surface area contributed by atoms with E-state index in [1.165, 1.54) is 7.11 Å². The van der Waals surface area contributed by atoms with E-state index < -0.39 is 19.3 Å². The van der Waals surface area contributed by atoms with Crippen LogP contribution in [0.25, 0.3) is 0 Å². The molecule has 0 radical (unpaired) electrons. The molecule has 0 aliphatic heterocycles. The molecule has 0 aliphatic rings. The highest BCUT2D eigenvalue weighted by molar-refractivity contribution is 8.19. The molecular formula is C13H16O4S4. The molecule has 2 rings (SSSR count). The van der Waals surface area contributed by atoms with Crippen molar-refractivity contribution < 1.29 is 16.8 Å². The first kappa shape index (κ1) is 19.9. The second-order valence-corrected chi connectivity index (χ2v) is 6.42. The minimum atomic E-state index is -1.94. The number of hydrogen-bond acceptors (Lipinski definition) is 6. The number of para-hydroxylation sites is 1. The van der Waals surface area contributed by atoms with Crippen molar-refractivity contribution in [3.8, 4) is 5.75 Å². The highest BCUT2D eigenvalue weighted by atomic mass is 32.8. The van der Waals surface area contributed by atoms with Crippen LogP contribution < -0.4 is 4.18 Å². The lowest BCUT2D eigenvalue weighted by Crippen LogP contribution is -1.86. The highest BCUT2D eigenvalue weighted by Crippen LogP contribution is 2.07. The second kappa shape index (κ2) is 13.9. The van der Waals surface area contributed by atoms with Crippen LogP contribution in [0.2, 0.25) is 0 Å². The van der Waals surface area contributed by atoms with Gasteiger partial charge in [-0.3, -0.25) is 4.18 Å². The third-order valence-electron chi connectivity index (χ3n) is 1.74. The summed E-state index contributed by atoms with van der Waals surface area (Å²) in [6, 6.07) is 20.9. The average molecular weight is 365 g/mol. The van der Waals surface area contributed by atoms with E-state index in [2.05, 4.69) is 26.6 Å². The summed E-state index contributed by atoms with van der Waals surface area (Å²) in [6.07, 6.45) is 0. The van der Waals surface area contributed by atoms with Gasteiger partial charge in [-0.05, 0) is 12.1 Å². The van der Waals surface area contributed by atoms with E-state index in [1.54, 1.807) is 24.3 Å². The molecule has 0 bridgehead atoms. The number of benzene rings is 2. The molecule has 2 aromatic carbocycles. The summed E-state index contributed by atoms with van der Waals surface area (Å²) in [5.74, 6) is 0.554. The summed E-state index contributed by atoms with van der Waals surface area (Å²) < 4.78 is 28.7. The van der Waals surface area contributed by atoms with E-state index in [0.29, 0.717) is 5.75 Å². The molecule has 0 heterocycles.